The monoisotopic (exact) mass is 335 g/mol. The standard InChI is InChI=1S/C12H21N3.HI/c1-13-11(15-10-4-5-10)14-8-12(6-7-12)9-2-3-9;/h9-10H,2-8H2,1H3,(H2,13,14,15);1H. The lowest BCUT2D eigenvalue weighted by molar-refractivity contribution is 0.431. The van der Waals surface area contributed by atoms with Gasteiger partial charge in [0.1, 0.15) is 0 Å². The molecule has 3 nitrogen and oxygen atoms in total. The average molecular weight is 335 g/mol. The fraction of sp³-hybridized carbons (Fsp3) is 0.917. The van der Waals surface area contributed by atoms with E-state index in [1.165, 1.54) is 38.5 Å². The minimum Gasteiger partial charge on any atom is -0.356 e. The smallest absolute Gasteiger partial charge is 0.191 e. The molecular weight excluding hydrogens is 313 g/mol. The van der Waals surface area contributed by atoms with Crippen LogP contribution in [0.5, 0.6) is 0 Å². The summed E-state index contributed by atoms with van der Waals surface area (Å²) < 4.78 is 0. The van der Waals surface area contributed by atoms with Gasteiger partial charge in [-0.2, -0.15) is 0 Å². The summed E-state index contributed by atoms with van der Waals surface area (Å²) in [7, 11) is 1.87. The topological polar surface area (TPSA) is 36.4 Å². The highest BCUT2D eigenvalue weighted by Gasteiger charge is 2.53. The molecule has 0 heterocycles. The van der Waals surface area contributed by atoms with Crippen LogP contribution >= 0.6 is 24.0 Å². The largest absolute Gasteiger partial charge is 0.356 e. The Kier molecular flexibility index (Phi) is 3.66. The molecule has 0 atom stereocenters. The van der Waals surface area contributed by atoms with Gasteiger partial charge >= 0.3 is 0 Å². The van der Waals surface area contributed by atoms with E-state index in [2.05, 4.69) is 15.6 Å². The summed E-state index contributed by atoms with van der Waals surface area (Å²) in [6, 6.07) is 0.701. The number of halogens is 1. The molecule has 0 radical (unpaired) electrons. The van der Waals surface area contributed by atoms with E-state index in [1.807, 2.05) is 7.05 Å². The van der Waals surface area contributed by atoms with E-state index in [1.54, 1.807) is 0 Å². The molecule has 3 fully saturated rings. The molecule has 0 aromatic rings. The van der Waals surface area contributed by atoms with Gasteiger partial charge in [-0.3, -0.25) is 4.99 Å². The SMILES string of the molecule is CN=C(NCC1(C2CC2)CC1)NC1CC1.I. The van der Waals surface area contributed by atoms with Crippen LogP contribution in [0.1, 0.15) is 38.5 Å². The van der Waals surface area contributed by atoms with E-state index < -0.39 is 0 Å². The quantitative estimate of drug-likeness (QED) is 0.469. The second kappa shape index (κ2) is 4.70. The van der Waals surface area contributed by atoms with Gasteiger partial charge in [0.25, 0.3) is 0 Å². The molecule has 16 heavy (non-hydrogen) atoms. The Hall–Kier alpha value is 0. The molecule has 4 heteroatoms. The van der Waals surface area contributed by atoms with E-state index in [-0.39, 0.29) is 24.0 Å². The van der Waals surface area contributed by atoms with Crippen LogP contribution in [0.2, 0.25) is 0 Å². The third-order valence-corrected chi connectivity index (χ3v) is 4.09. The maximum Gasteiger partial charge on any atom is 0.191 e. The first-order valence-electron chi connectivity index (χ1n) is 6.30. The minimum atomic E-state index is 0. The predicted octanol–water partition coefficient (Wildman–Crippen LogP) is 2.12. The van der Waals surface area contributed by atoms with Crippen molar-refractivity contribution in [3.05, 3.63) is 0 Å². The lowest BCUT2D eigenvalue weighted by Crippen LogP contribution is -2.41. The molecule has 0 aromatic heterocycles. The third-order valence-electron chi connectivity index (χ3n) is 4.09. The van der Waals surface area contributed by atoms with Gasteiger partial charge in [0, 0.05) is 19.6 Å². The summed E-state index contributed by atoms with van der Waals surface area (Å²) in [5.41, 5.74) is 0.668. The molecule has 3 rings (SSSR count). The van der Waals surface area contributed by atoms with E-state index in [0.29, 0.717) is 11.5 Å². The molecule has 3 aliphatic rings. The Bertz CT molecular complexity index is 278. The molecule has 0 aromatic carbocycles. The number of nitrogens with one attached hydrogen (secondary N) is 2. The Morgan fingerprint density at radius 3 is 2.38 bits per heavy atom. The normalized spacial score (nSPS) is 26.9. The Morgan fingerprint density at radius 1 is 1.25 bits per heavy atom. The van der Waals surface area contributed by atoms with Crippen molar-refractivity contribution in [2.45, 2.75) is 44.6 Å². The van der Waals surface area contributed by atoms with Crippen LogP contribution in [0.25, 0.3) is 0 Å². The third kappa shape index (κ3) is 2.81. The number of rotatable bonds is 4. The second-order valence-electron chi connectivity index (χ2n) is 5.48. The van der Waals surface area contributed by atoms with Crippen LogP contribution in [0.4, 0.5) is 0 Å². The predicted molar refractivity (Wildman–Crippen MR) is 77.3 cm³/mol. The molecule has 2 N–H and O–H groups in total. The maximum absolute atomic E-state index is 4.27. The number of aliphatic imine (C=N–C) groups is 1. The lowest BCUT2D eigenvalue weighted by Gasteiger charge is -2.17. The molecule has 0 saturated heterocycles. The van der Waals surface area contributed by atoms with E-state index >= 15 is 0 Å². The molecular formula is C12H22IN3. The number of guanidine groups is 1. The summed E-state index contributed by atoms with van der Waals surface area (Å²) in [6.45, 7) is 1.14. The summed E-state index contributed by atoms with van der Waals surface area (Å²) in [6.07, 6.45) is 8.44. The van der Waals surface area contributed by atoms with Crippen LogP contribution in [-0.2, 0) is 0 Å². The van der Waals surface area contributed by atoms with Crippen molar-refractivity contribution in [3.63, 3.8) is 0 Å². The number of hydrogen-bond donors (Lipinski definition) is 2. The van der Waals surface area contributed by atoms with Crippen LogP contribution in [0, 0.1) is 11.3 Å². The zero-order valence-corrected chi connectivity index (χ0v) is 12.3. The van der Waals surface area contributed by atoms with Gasteiger partial charge in [-0.15, -0.1) is 24.0 Å². The van der Waals surface area contributed by atoms with Crippen molar-refractivity contribution in [3.8, 4) is 0 Å². The highest BCUT2D eigenvalue weighted by atomic mass is 127. The zero-order valence-electron chi connectivity index (χ0n) is 9.96. The Labute approximate surface area is 115 Å². The number of hydrogen-bond acceptors (Lipinski definition) is 1. The van der Waals surface area contributed by atoms with Crippen molar-refractivity contribution in [2.75, 3.05) is 13.6 Å². The van der Waals surface area contributed by atoms with Crippen LogP contribution < -0.4 is 10.6 Å². The van der Waals surface area contributed by atoms with Gasteiger partial charge in [-0.1, -0.05) is 0 Å². The van der Waals surface area contributed by atoms with Crippen LogP contribution in [0.3, 0.4) is 0 Å². The summed E-state index contributed by atoms with van der Waals surface area (Å²) >= 11 is 0. The maximum atomic E-state index is 4.27. The van der Waals surface area contributed by atoms with Crippen molar-refractivity contribution in [2.24, 2.45) is 16.3 Å². The molecule has 0 spiro atoms. The molecule has 0 aliphatic heterocycles. The summed E-state index contributed by atoms with van der Waals surface area (Å²) in [5, 5.41) is 6.94. The van der Waals surface area contributed by atoms with Gasteiger partial charge in [0.15, 0.2) is 5.96 Å². The number of nitrogens with zero attached hydrogens (tertiary/aromatic N) is 1. The van der Waals surface area contributed by atoms with Crippen molar-refractivity contribution >= 4 is 29.9 Å². The van der Waals surface area contributed by atoms with Crippen molar-refractivity contribution < 1.29 is 0 Å². The molecule has 0 amide bonds. The van der Waals surface area contributed by atoms with Crippen LogP contribution in [0.15, 0.2) is 4.99 Å². The first-order valence-corrected chi connectivity index (χ1v) is 6.30. The Balaban J connectivity index is 0.000000963. The zero-order chi connectivity index (χ0) is 10.3. The summed E-state index contributed by atoms with van der Waals surface area (Å²) in [5.74, 6) is 2.05. The van der Waals surface area contributed by atoms with Crippen molar-refractivity contribution in [1.29, 1.82) is 0 Å². The summed E-state index contributed by atoms with van der Waals surface area (Å²) in [4.78, 5) is 4.27. The first-order chi connectivity index (χ1) is 7.32. The van der Waals surface area contributed by atoms with E-state index in [0.717, 1.165) is 18.4 Å². The lowest BCUT2D eigenvalue weighted by atomic mass is 10.0. The van der Waals surface area contributed by atoms with Gasteiger partial charge < -0.3 is 10.6 Å². The fourth-order valence-electron chi connectivity index (χ4n) is 2.46. The van der Waals surface area contributed by atoms with E-state index in [9.17, 15) is 0 Å². The molecule has 0 bridgehead atoms. The fourth-order valence-corrected chi connectivity index (χ4v) is 2.46. The van der Waals surface area contributed by atoms with Crippen molar-refractivity contribution in [1.82, 2.24) is 10.6 Å². The second-order valence-corrected chi connectivity index (χ2v) is 5.48. The Morgan fingerprint density at radius 2 is 1.94 bits per heavy atom. The minimum absolute atomic E-state index is 0. The highest BCUT2D eigenvalue weighted by Crippen LogP contribution is 2.60. The molecule has 3 aliphatic carbocycles. The highest BCUT2D eigenvalue weighted by molar-refractivity contribution is 14.0. The first kappa shape index (κ1) is 12.5. The average Bonchev–Trinajstić information content (AvgIpc) is 3.12. The molecule has 3 saturated carbocycles. The molecule has 92 valence electrons. The molecule has 0 unspecified atom stereocenters. The van der Waals surface area contributed by atoms with Gasteiger partial charge in [0.05, 0.1) is 0 Å². The van der Waals surface area contributed by atoms with Gasteiger partial charge in [-0.25, -0.2) is 0 Å². The van der Waals surface area contributed by atoms with Crippen LogP contribution in [-0.4, -0.2) is 25.6 Å². The van der Waals surface area contributed by atoms with Gasteiger partial charge in [-0.05, 0) is 49.9 Å². The van der Waals surface area contributed by atoms with Gasteiger partial charge in [0.2, 0.25) is 0 Å². The van der Waals surface area contributed by atoms with E-state index in [4.69, 9.17) is 0 Å².